The van der Waals surface area contributed by atoms with Crippen LogP contribution in [0.25, 0.3) is 0 Å². The molecule has 0 saturated carbocycles. The number of rotatable bonds is 2. The minimum atomic E-state index is -0.167. The van der Waals surface area contributed by atoms with E-state index in [4.69, 9.17) is 0 Å². The molecule has 2 N–H and O–H groups in total. The number of hydrogen-bond donors (Lipinski definition) is 2. The maximum atomic E-state index is 12.5. The SMILES string of the molecule is O=C1NC(CC(=O)N2C[C@H]3CNC[C@H]3C2)c2ccccc21. The molecule has 3 aliphatic heterocycles. The molecule has 2 saturated heterocycles. The first kappa shape index (κ1) is 12.8. The smallest absolute Gasteiger partial charge is 0.252 e. The van der Waals surface area contributed by atoms with Crippen LogP contribution in [-0.4, -0.2) is 42.9 Å². The molecule has 0 spiro atoms. The summed E-state index contributed by atoms with van der Waals surface area (Å²) in [6.45, 7) is 3.77. The normalized spacial score (nSPS) is 30.2. The summed E-state index contributed by atoms with van der Waals surface area (Å²) in [4.78, 5) is 26.4. The fraction of sp³-hybridized carbons (Fsp3) is 0.500. The molecule has 4 rings (SSSR count). The minimum absolute atomic E-state index is 0.0640. The highest BCUT2D eigenvalue weighted by atomic mass is 16.2. The van der Waals surface area contributed by atoms with E-state index in [0.717, 1.165) is 31.7 Å². The van der Waals surface area contributed by atoms with Gasteiger partial charge in [-0.05, 0) is 23.5 Å². The third kappa shape index (κ3) is 2.12. The summed E-state index contributed by atoms with van der Waals surface area (Å²) < 4.78 is 0. The van der Waals surface area contributed by atoms with Crippen molar-refractivity contribution < 1.29 is 9.59 Å². The lowest BCUT2D eigenvalue weighted by molar-refractivity contribution is -0.130. The number of nitrogens with one attached hydrogen (secondary N) is 2. The van der Waals surface area contributed by atoms with Gasteiger partial charge in [-0.2, -0.15) is 0 Å². The molecule has 1 aromatic carbocycles. The zero-order chi connectivity index (χ0) is 14.4. The number of hydrogen-bond acceptors (Lipinski definition) is 3. The monoisotopic (exact) mass is 285 g/mol. The van der Waals surface area contributed by atoms with Crippen LogP contribution in [0, 0.1) is 11.8 Å². The van der Waals surface area contributed by atoms with Gasteiger partial charge in [0.1, 0.15) is 0 Å². The Morgan fingerprint density at radius 1 is 1.19 bits per heavy atom. The third-order valence-corrected chi connectivity index (χ3v) is 5.01. The van der Waals surface area contributed by atoms with E-state index in [2.05, 4.69) is 10.6 Å². The van der Waals surface area contributed by atoms with Gasteiger partial charge in [-0.1, -0.05) is 18.2 Å². The Labute approximate surface area is 123 Å². The molecule has 0 radical (unpaired) electrons. The van der Waals surface area contributed by atoms with Gasteiger partial charge in [0, 0.05) is 31.7 Å². The fourth-order valence-electron chi connectivity index (χ4n) is 3.85. The topological polar surface area (TPSA) is 61.4 Å². The Kier molecular flexibility index (Phi) is 2.96. The molecule has 2 amide bonds. The highest BCUT2D eigenvalue weighted by Gasteiger charge is 2.39. The predicted molar refractivity (Wildman–Crippen MR) is 77.7 cm³/mol. The lowest BCUT2D eigenvalue weighted by atomic mass is 10.0. The third-order valence-electron chi connectivity index (χ3n) is 5.01. The van der Waals surface area contributed by atoms with Crippen LogP contribution in [0.3, 0.4) is 0 Å². The average Bonchev–Trinajstić information content (AvgIpc) is 3.14. The summed E-state index contributed by atoms with van der Waals surface area (Å²) in [5.41, 5.74) is 1.66. The zero-order valence-corrected chi connectivity index (χ0v) is 11.8. The summed E-state index contributed by atoms with van der Waals surface area (Å²) in [6.07, 6.45) is 0.371. The first-order chi connectivity index (χ1) is 10.2. The molecule has 3 aliphatic rings. The largest absolute Gasteiger partial charge is 0.345 e. The maximum absolute atomic E-state index is 12.5. The second-order valence-corrected chi connectivity index (χ2v) is 6.29. The van der Waals surface area contributed by atoms with Crippen LogP contribution in [-0.2, 0) is 4.79 Å². The molecule has 21 heavy (non-hydrogen) atoms. The van der Waals surface area contributed by atoms with Gasteiger partial charge in [0.05, 0.1) is 12.5 Å². The molecule has 1 aromatic rings. The van der Waals surface area contributed by atoms with Gasteiger partial charge in [-0.3, -0.25) is 9.59 Å². The predicted octanol–water partition coefficient (Wildman–Crippen LogP) is 0.539. The van der Waals surface area contributed by atoms with Crippen LogP contribution in [0.1, 0.15) is 28.4 Å². The molecule has 0 bridgehead atoms. The molecule has 0 aromatic heterocycles. The molecule has 1 unspecified atom stereocenters. The summed E-state index contributed by atoms with van der Waals surface area (Å²) in [7, 11) is 0. The Bertz CT molecular complexity index is 589. The average molecular weight is 285 g/mol. The number of nitrogens with zero attached hydrogens (tertiary/aromatic N) is 1. The van der Waals surface area contributed by atoms with E-state index < -0.39 is 0 Å². The van der Waals surface area contributed by atoms with Crippen molar-refractivity contribution in [3.05, 3.63) is 35.4 Å². The molecular weight excluding hydrogens is 266 g/mol. The summed E-state index contributed by atoms with van der Waals surface area (Å²) in [6, 6.07) is 7.37. The number of fused-ring (bicyclic) bond motifs is 2. The Morgan fingerprint density at radius 2 is 1.90 bits per heavy atom. The highest BCUT2D eigenvalue weighted by Crippen LogP contribution is 2.31. The van der Waals surface area contributed by atoms with Gasteiger partial charge in [-0.25, -0.2) is 0 Å². The molecule has 5 heteroatoms. The van der Waals surface area contributed by atoms with Crippen LogP contribution in [0.5, 0.6) is 0 Å². The van der Waals surface area contributed by atoms with Crippen molar-refractivity contribution in [2.45, 2.75) is 12.5 Å². The number of benzene rings is 1. The van der Waals surface area contributed by atoms with Crippen LogP contribution in [0.2, 0.25) is 0 Å². The van der Waals surface area contributed by atoms with Gasteiger partial charge in [0.15, 0.2) is 0 Å². The van der Waals surface area contributed by atoms with E-state index >= 15 is 0 Å². The first-order valence-electron chi connectivity index (χ1n) is 7.60. The number of likely N-dealkylation sites (tertiary alicyclic amines) is 1. The molecule has 3 atom stereocenters. The molecule has 2 fully saturated rings. The van der Waals surface area contributed by atoms with Gasteiger partial charge in [0.25, 0.3) is 5.91 Å². The first-order valence-corrected chi connectivity index (χ1v) is 7.60. The number of amides is 2. The molecule has 5 nitrogen and oxygen atoms in total. The van der Waals surface area contributed by atoms with Crippen molar-refractivity contribution in [2.75, 3.05) is 26.2 Å². The van der Waals surface area contributed by atoms with E-state index in [1.54, 1.807) is 0 Å². The van der Waals surface area contributed by atoms with Crippen molar-refractivity contribution in [2.24, 2.45) is 11.8 Å². The molecule has 3 heterocycles. The van der Waals surface area contributed by atoms with Crippen molar-refractivity contribution in [3.8, 4) is 0 Å². The van der Waals surface area contributed by atoms with E-state index in [1.165, 1.54) is 0 Å². The number of carbonyl (C=O) groups is 2. The highest BCUT2D eigenvalue weighted by molar-refractivity contribution is 5.99. The van der Waals surface area contributed by atoms with Crippen molar-refractivity contribution >= 4 is 11.8 Å². The molecule has 0 aliphatic carbocycles. The van der Waals surface area contributed by atoms with Gasteiger partial charge < -0.3 is 15.5 Å². The summed E-state index contributed by atoms with van der Waals surface area (Å²) in [5.74, 6) is 1.32. The number of carbonyl (C=O) groups excluding carboxylic acids is 2. The van der Waals surface area contributed by atoms with Crippen LogP contribution < -0.4 is 10.6 Å². The Hall–Kier alpha value is -1.88. The van der Waals surface area contributed by atoms with Crippen LogP contribution >= 0.6 is 0 Å². The summed E-state index contributed by atoms with van der Waals surface area (Å²) >= 11 is 0. The lowest BCUT2D eigenvalue weighted by Crippen LogP contribution is -2.34. The van der Waals surface area contributed by atoms with E-state index in [9.17, 15) is 9.59 Å². The van der Waals surface area contributed by atoms with Crippen molar-refractivity contribution in [3.63, 3.8) is 0 Å². The standard InChI is InChI=1S/C16H19N3O2/c20-15(19-8-10-6-17-7-11(10)9-19)5-14-12-3-1-2-4-13(12)16(21)18-14/h1-4,10-11,14,17H,5-9H2,(H,18,21)/t10-,11+,14?. The van der Waals surface area contributed by atoms with Crippen LogP contribution in [0.4, 0.5) is 0 Å². The maximum Gasteiger partial charge on any atom is 0.252 e. The quantitative estimate of drug-likeness (QED) is 0.834. The zero-order valence-electron chi connectivity index (χ0n) is 11.8. The van der Waals surface area contributed by atoms with Crippen molar-refractivity contribution in [1.82, 2.24) is 15.5 Å². The van der Waals surface area contributed by atoms with E-state index in [0.29, 0.717) is 23.8 Å². The second kappa shape index (κ2) is 4.84. The second-order valence-electron chi connectivity index (χ2n) is 6.29. The Morgan fingerprint density at radius 3 is 2.67 bits per heavy atom. The van der Waals surface area contributed by atoms with Gasteiger partial charge in [-0.15, -0.1) is 0 Å². The van der Waals surface area contributed by atoms with Crippen molar-refractivity contribution in [1.29, 1.82) is 0 Å². The Balaban J connectivity index is 1.45. The fourth-order valence-corrected chi connectivity index (χ4v) is 3.85. The van der Waals surface area contributed by atoms with E-state index in [-0.39, 0.29) is 17.9 Å². The van der Waals surface area contributed by atoms with Gasteiger partial charge in [0.2, 0.25) is 5.91 Å². The molecular formula is C16H19N3O2. The van der Waals surface area contributed by atoms with E-state index in [1.807, 2.05) is 29.2 Å². The molecule has 110 valence electrons. The van der Waals surface area contributed by atoms with Gasteiger partial charge >= 0.3 is 0 Å². The van der Waals surface area contributed by atoms with Crippen LogP contribution in [0.15, 0.2) is 24.3 Å². The summed E-state index contributed by atoms with van der Waals surface area (Å²) in [5, 5.41) is 6.31. The lowest BCUT2D eigenvalue weighted by Gasteiger charge is -2.20. The minimum Gasteiger partial charge on any atom is -0.345 e.